The summed E-state index contributed by atoms with van der Waals surface area (Å²) in [5.74, 6) is 0. The van der Waals surface area contributed by atoms with E-state index in [1.54, 1.807) is 0 Å². The average Bonchev–Trinajstić information content (AvgIpc) is 2.61. The van der Waals surface area contributed by atoms with E-state index >= 15 is 0 Å². The average molecular weight is 392 g/mol. The molecule has 0 saturated heterocycles. The maximum absolute atomic E-state index is 6.66. The maximum Gasteiger partial charge on any atom is 0.0585 e. The Kier molecular flexibility index (Phi) is 11.5. The standard InChI is InChI=1S/C21H33Cl3/c1-4-7-10-19(22)16-13-17(20(23)11-8-5-2)15-18(14-16)21(24)12-9-6-3/h13-15,19-21H,4-12H2,1-3H3. The molecule has 1 rings (SSSR count). The minimum absolute atomic E-state index is 0.0498. The smallest absolute Gasteiger partial charge is 0.0585 e. The second kappa shape index (κ2) is 12.4. The molecule has 0 aliphatic heterocycles. The van der Waals surface area contributed by atoms with E-state index in [4.69, 9.17) is 34.8 Å². The van der Waals surface area contributed by atoms with Gasteiger partial charge in [0.05, 0.1) is 16.1 Å². The Morgan fingerprint density at radius 2 is 0.833 bits per heavy atom. The van der Waals surface area contributed by atoms with Gasteiger partial charge in [0.1, 0.15) is 0 Å². The van der Waals surface area contributed by atoms with Gasteiger partial charge in [-0.2, -0.15) is 0 Å². The molecule has 24 heavy (non-hydrogen) atoms. The van der Waals surface area contributed by atoms with Gasteiger partial charge in [-0.25, -0.2) is 0 Å². The number of hydrogen-bond acceptors (Lipinski definition) is 0. The second-order valence-electron chi connectivity index (χ2n) is 6.76. The van der Waals surface area contributed by atoms with E-state index in [1.165, 1.54) is 36.0 Å². The van der Waals surface area contributed by atoms with E-state index in [2.05, 4.69) is 39.0 Å². The van der Waals surface area contributed by atoms with Gasteiger partial charge in [-0.15, -0.1) is 34.8 Å². The van der Waals surface area contributed by atoms with Crippen molar-refractivity contribution in [2.24, 2.45) is 0 Å². The normalized spacial score (nSPS) is 15.2. The molecule has 0 bridgehead atoms. The summed E-state index contributed by atoms with van der Waals surface area (Å²) >= 11 is 20.0. The largest absolute Gasteiger partial charge is 0.118 e. The molecular weight excluding hydrogens is 359 g/mol. The first-order chi connectivity index (χ1) is 11.5. The molecule has 3 unspecified atom stereocenters. The van der Waals surface area contributed by atoms with Crippen LogP contribution in [0.4, 0.5) is 0 Å². The minimum Gasteiger partial charge on any atom is -0.118 e. The van der Waals surface area contributed by atoms with E-state index in [0.717, 1.165) is 38.5 Å². The molecule has 0 aromatic heterocycles. The second-order valence-corrected chi connectivity index (χ2v) is 8.34. The lowest BCUT2D eigenvalue weighted by Crippen LogP contribution is -2.01. The number of unbranched alkanes of at least 4 members (excludes halogenated alkanes) is 3. The van der Waals surface area contributed by atoms with Gasteiger partial charge in [0.25, 0.3) is 0 Å². The van der Waals surface area contributed by atoms with Crippen molar-refractivity contribution < 1.29 is 0 Å². The van der Waals surface area contributed by atoms with Gasteiger partial charge in [-0.1, -0.05) is 77.5 Å². The summed E-state index contributed by atoms with van der Waals surface area (Å²) in [4.78, 5) is 0. The summed E-state index contributed by atoms with van der Waals surface area (Å²) in [7, 11) is 0. The van der Waals surface area contributed by atoms with Gasteiger partial charge in [0.2, 0.25) is 0 Å². The third-order valence-corrected chi connectivity index (χ3v) is 5.93. The van der Waals surface area contributed by atoms with Gasteiger partial charge in [-0.05, 0) is 36.0 Å². The van der Waals surface area contributed by atoms with E-state index in [0.29, 0.717) is 0 Å². The van der Waals surface area contributed by atoms with E-state index in [1.807, 2.05) is 0 Å². The monoisotopic (exact) mass is 390 g/mol. The Labute approximate surface area is 164 Å². The van der Waals surface area contributed by atoms with Crippen molar-refractivity contribution in [3.05, 3.63) is 34.9 Å². The van der Waals surface area contributed by atoms with Crippen molar-refractivity contribution in [1.29, 1.82) is 0 Å². The zero-order valence-electron chi connectivity index (χ0n) is 15.5. The molecule has 0 fully saturated rings. The van der Waals surface area contributed by atoms with Crippen LogP contribution in [0.15, 0.2) is 18.2 Å². The first-order valence-corrected chi connectivity index (χ1v) is 10.9. The van der Waals surface area contributed by atoms with Crippen molar-refractivity contribution >= 4 is 34.8 Å². The van der Waals surface area contributed by atoms with Crippen LogP contribution >= 0.6 is 34.8 Å². The van der Waals surface area contributed by atoms with Crippen molar-refractivity contribution in [2.75, 3.05) is 0 Å². The predicted molar refractivity (Wildman–Crippen MR) is 111 cm³/mol. The first-order valence-electron chi connectivity index (χ1n) is 9.60. The zero-order chi connectivity index (χ0) is 17.9. The van der Waals surface area contributed by atoms with Crippen molar-refractivity contribution in [1.82, 2.24) is 0 Å². The molecule has 0 aliphatic rings. The summed E-state index contributed by atoms with van der Waals surface area (Å²) in [5.41, 5.74) is 3.55. The molecule has 0 aliphatic carbocycles. The number of alkyl halides is 3. The summed E-state index contributed by atoms with van der Waals surface area (Å²) in [5, 5.41) is 0.149. The number of halogens is 3. The van der Waals surface area contributed by atoms with Crippen LogP contribution in [0.25, 0.3) is 0 Å². The molecule has 1 aromatic carbocycles. The minimum atomic E-state index is 0.0498. The Morgan fingerprint density at radius 1 is 0.583 bits per heavy atom. The molecule has 0 N–H and O–H groups in total. The zero-order valence-corrected chi connectivity index (χ0v) is 17.7. The van der Waals surface area contributed by atoms with E-state index in [9.17, 15) is 0 Å². The van der Waals surface area contributed by atoms with Crippen LogP contribution in [0.1, 0.15) is 111 Å². The highest BCUT2D eigenvalue weighted by Crippen LogP contribution is 2.37. The van der Waals surface area contributed by atoms with Crippen molar-refractivity contribution in [2.45, 2.75) is 94.7 Å². The highest BCUT2D eigenvalue weighted by atomic mass is 35.5. The highest BCUT2D eigenvalue weighted by Gasteiger charge is 2.17. The molecule has 0 nitrogen and oxygen atoms in total. The molecular formula is C21H33Cl3. The van der Waals surface area contributed by atoms with Crippen LogP contribution in [-0.4, -0.2) is 0 Å². The maximum atomic E-state index is 6.66. The third kappa shape index (κ3) is 7.54. The van der Waals surface area contributed by atoms with Crippen LogP contribution < -0.4 is 0 Å². The van der Waals surface area contributed by atoms with Crippen LogP contribution in [0.2, 0.25) is 0 Å². The molecule has 0 spiro atoms. The quantitative estimate of drug-likeness (QED) is 0.311. The van der Waals surface area contributed by atoms with Gasteiger partial charge in [0, 0.05) is 0 Å². The highest BCUT2D eigenvalue weighted by molar-refractivity contribution is 6.22. The fourth-order valence-electron chi connectivity index (χ4n) is 2.89. The van der Waals surface area contributed by atoms with Crippen LogP contribution in [0.5, 0.6) is 0 Å². The van der Waals surface area contributed by atoms with Gasteiger partial charge < -0.3 is 0 Å². The number of rotatable bonds is 12. The van der Waals surface area contributed by atoms with E-state index in [-0.39, 0.29) is 16.1 Å². The Bertz CT molecular complexity index is 379. The topological polar surface area (TPSA) is 0 Å². The molecule has 0 amide bonds. The van der Waals surface area contributed by atoms with Crippen LogP contribution in [0.3, 0.4) is 0 Å². The lowest BCUT2D eigenvalue weighted by Gasteiger charge is -2.19. The van der Waals surface area contributed by atoms with Gasteiger partial charge in [-0.3, -0.25) is 0 Å². The van der Waals surface area contributed by atoms with Gasteiger partial charge >= 0.3 is 0 Å². The molecule has 3 heteroatoms. The summed E-state index contributed by atoms with van der Waals surface area (Å²) in [6.45, 7) is 6.60. The molecule has 0 heterocycles. The molecule has 138 valence electrons. The molecule has 0 saturated carbocycles. The summed E-state index contributed by atoms with van der Waals surface area (Å²) < 4.78 is 0. The van der Waals surface area contributed by atoms with E-state index < -0.39 is 0 Å². The molecule has 3 atom stereocenters. The lowest BCUT2D eigenvalue weighted by molar-refractivity contribution is 0.681. The summed E-state index contributed by atoms with van der Waals surface area (Å²) in [6, 6.07) is 6.61. The van der Waals surface area contributed by atoms with Gasteiger partial charge in [0.15, 0.2) is 0 Å². The Morgan fingerprint density at radius 3 is 1.04 bits per heavy atom. The van der Waals surface area contributed by atoms with Crippen LogP contribution in [-0.2, 0) is 0 Å². The van der Waals surface area contributed by atoms with Crippen molar-refractivity contribution in [3.8, 4) is 0 Å². The molecule has 0 radical (unpaired) electrons. The number of hydrogen-bond donors (Lipinski definition) is 0. The number of benzene rings is 1. The lowest BCUT2D eigenvalue weighted by atomic mass is 9.95. The Hall–Kier alpha value is 0.0900. The first kappa shape index (κ1) is 22.1. The SMILES string of the molecule is CCCCC(Cl)c1cc(C(Cl)CCCC)cc(C(Cl)CCCC)c1. The summed E-state index contributed by atoms with van der Waals surface area (Å²) in [6.07, 6.45) is 9.95. The molecule has 1 aromatic rings. The predicted octanol–water partition coefficient (Wildman–Crippen LogP) is 9.10. The van der Waals surface area contributed by atoms with Crippen LogP contribution in [0, 0.1) is 0 Å². The fourth-order valence-corrected chi connectivity index (χ4v) is 3.74. The Balaban J connectivity index is 3.03. The third-order valence-electron chi connectivity index (χ3n) is 4.52. The van der Waals surface area contributed by atoms with Crippen molar-refractivity contribution in [3.63, 3.8) is 0 Å². The fraction of sp³-hybridized carbons (Fsp3) is 0.714.